The molecule has 0 radical (unpaired) electrons. The lowest BCUT2D eigenvalue weighted by atomic mass is 9.99. The Morgan fingerprint density at radius 3 is 2.73 bits per heavy atom. The van der Waals surface area contributed by atoms with E-state index in [1.54, 1.807) is 12.1 Å². The fourth-order valence-corrected chi connectivity index (χ4v) is 3.18. The van der Waals surface area contributed by atoms with E-state index in [2.05, 4.69) is 11.6 Å². The number of hydrogen-bond donors (Lipinski definition) is 2. The Morgan fingerprint density at radius 1 is 1.38 bits per heavy atom. The molecule has 136 valence electrons. The molecular weight excluding hydrogens is 360 g/mol. The molecule has 2 heterocycles. The predicted molar refractivity (Wildman–Crippen MR) is 94.6 cm³/mol. The minimum absolute atomic E-state index is 0.0352. The number of allylic oxidation sites excluding steroid dienone is 1. The highest BCUT2D eigenvalue weighted by atomic mass is 32.1. The summed E-state index contributed by atoms with van der Waals surface area (Å²) in [6.07, 6.45) is 0.410. The average molecular weight is 376 g/mol. The lowest BCUT2D eigenvalue weighted by molar-refractivity contribution is 0.0446. The van der Waals surface area contributed by atoms with Crippen molar-refractivity contribution in [1.82, 2.24) is 9.55 Å². The number of carbonyl (C=O) groups excluding carboxylic acids is 1. The van der Waals surface area contributed by atoms with Crippen molar-refractivity contribution in [2.24, 2.45) is 0 Å². The highest BCUT2D eigenvalue weighted by Crippen LogP contribution is 2.44. The van der Waals surface area contributed by atoms with Crippen molar-refractivity contribution in [2.45, 2.75) is 12.6 Å². The molecule has 1 aliphatic heterocycles. The Hall–Kier alpha value is -3.07. The summed E-state index contributed by atoms with van der Waals surface area (Å²) in [4.78, 5) is 27.3. The summed E-state index contributed by atoms with van der Waals surface area (Å²) in [6.45, 7) is 3.77. The van der Waals surface area contributed by atoms with E-state index in [-0.39, 0.29) is 34.1 Å². The molecule has 0 spiro atoms. The van der Waals surface area contributed by atoms with E-state index >= 15 is 0 Å². The topological polar surface area (TPSA) is 103 Å². The number of H-pyrrole nitrogens is 1. The second kappa shape index (κ2) is 6.68. The van der Waals surface area contributed by atoms with Crippen LogP contribution in [0.3, 0.4) is 0 Å². The Bertz CT molecular complexity index is 1020. The van der Waals surface area contributed by atoms with Crippen molar-refractivity contribution in [1.29, 1.82) is 0 Å². The van der Waals surface area contributed by atoms with Gasteiger partial charge < -0.3 is 19.3 Å². The molecule has 0 fully saturated rings. The average Bonchev–Trinajstić information content (AvgIpc) is 2.94. The molecule has 1 atom stereocenters. The highest BCUT2D eigenvalue weighted by molar-refractivity contribution is 7.71. The molecule has 1 aromatic carbocycles. The first kappa shape index (κ1) is 17.7. The summed E-state index contributed by atoms with van der Waals surface area (Å²) in [5, 5.41) is 10.6. The highest BCUT2D eigenvalue weighted by Gasteiger charge is 2.40. The molecule has 9 heteroatoms. The van der Waals surface area contributed by atoms with Gasteiger partial charge in [-0.05, 0) is 18.3 Å². The third kappa shape index (κ3) is 2.57. The molecule has 0 saturated carbocycles. The van der Waals surface area contributed by atoms with Gasteiger partial charge in [-0.25, -0.2) is 4.79 Å². The van der Waals surface area contributed by atoms with Gasteiger partial charge in [-0.2, -0.15) is 0 Å². The predicted octanol–water partition coefficient (Wildman–Crippen LogP) is 2.07. The molecule has 3 rings (SSSR count). The van der Waals surface area contributed by atoms with Crippen molar-refractivity contribution in [3.8, 4) is 17.4 Å². The van der Waals surface area contributed by atoms with Crippen LogP contribution in [0.2, 0.25) is 0 Å². The minimum atomic E-state index is -1.10. The number of nitrogens with one attached hydrogen (secondary N) is 1. The Labute approximate surface area is 153 Å². The molecule has 0 bridgehead atoms. The molecule has 1 aromatic heterocycles. The summed E-state index contributed by atoms with van der Waals surface area (Å²) in [7, 11) is 2.84. The van der Waals surface area contributed by atoms with Crippen molar-refractivity contribution in [2.75, 3.05) is 14.2 Å². The quantitative estimate of drug-likeness (QED) is 0.468. The fraction of sp³-hybridized carbons (Fsp3) is 0.235. The number of aromatic hydroxyl groups is 1. The van der Waals surface area contributed by atoms with Gasteiger partial charge in [-0.1, -0.05) is 12.1 Å². The largest absolute Gasteiger partial charge is 0.494 e. The zero-order chi connectivity index (χ0) is 19.0. The van der Waals surface area contributed by atoms with Gasteiger partial charge >= 0.3 is 5.97 Å². The molecule has 1 aliphatic rings. The van der Waals surface area contributed by atoms with E-state index in [1.807, 2.05) is 0 Å². The first-order chi connectivity index (χ1) is 12.4. The SMILES string of the molecule is C=CCn1c(O)c([C@@H]2OC(=O)c3c2ccc(OC)c3OC)c(=O)[nH]c1=S. The van der Waals surface area contributed by atoms with Crippen LogP contribution < -0.4 is 15.0 Å². The lowest BCUT2D eigenvalue weighted by Gasteiger charge is -2.16. The van der Waals surface area contributed by atoms with Gasteiger partial charge in [0.1, 0.15) is 11.1 Å². The number of ether oxygens (including phenoxy) is 3. The second-order valence-corrected chi connectivity index (χ2v) is 5.83. The maximum absolute atomic E-state index is 12.4. The van der Waals surface area contributed by atoms with E-state index < -0.39 is 17.6 Å². The van der Waals surface area contributed by atoms with E-state index in [4.69, 9.17) is 26.4 Å². The number of esters is 1. The first-order valence-electron chi connectivity index (χ1n) is 7.57. The summed E-state index contributed by atoms with van der Waals surface area (Å²) < 4.78 is 17.1. The standard InChI is InChI=1S/C17H16N2O6S/c1-4-7-19-15(21)11(14(20)18-17(19)26)12-8-5-6-9(23-2)13(24-3)10(8)16(22)25-12/h4-6,12,21H,1,7H2,2-3H3,(H,18,20,26)/t12-/m1/s1. The molecule has 0 aliphatic carbocycles. The van der Waals surface area contributed by atoms with Crippen LogP contribution in [0.5, 0.6) is 17.4 Å². The third-order valence-corrected chi connectivity index (χ3v) is 4.39. The Morgan fingerprint density at radius 2 is 2.12 bits per heavy atom. The lowest BCUT2D eigenvalue weighted by Crippen LogP contribution is -2.22. The summed E-state index contributed by atoms with van der Waals surface area (Å²) >= 11 is 5.06. The van der Waals surface area contributed by atoms with Crippen LogP contribution in [-0.4, -0.2) is 34.8 Å². The number of aromatic amines is 1. The van der Waals surface area contributed by atoms with Crippen molar-refractivity contribution >= 4 is 18.2 Å². The summed E-state index contributed by atoms with van der Waals surface area (Å²) in [5.74, 6) is -0.520. The van der Waals surface area contributed by atoms with Crippen LogP contribution in [0.4, 0.5) is 0 Å². The smallest absolute Gasteiger partial charge is 0.343 e. The summed E-state index contributed by atoms with van der Waals surface area (Å²) in [5.41, 5.74) is -0.239. The van der Waals surface area contributed by atoms with Crippen LogP contribution in [0.1, 0.15) is 27.6 Å². The Kier molecular flexibility index (Phi) is 4.56. The monoisotopic (exact) mass is 376 g/mol. The van der Waals surface area contributed by atoms with Crippen LogP contribution in [-0.2, 0) is 11.3 Å². The van der Waals surface area contributed by atoms with E-state index in [0.29, 0.717) is 11.3 Å². The van der Waals surface area contributed by atoms with Gasteiger partial charge in [-0.15, -0.1) is 6.58 Å². The van der Waals surface area contributed by atoms with Crippen LogP contribution >= 0.6 is 12.2 Å². The number of rotatable bonds is 5. The summed E-state index contributed by atoms with van der Waals surface area (Å²) in [6, 6.07) is 3.18. The molecule has 8 nitrogen and oxygen atoms in total. The molecule has 0 unspecified atom stereocenters. The molecule has 2 N–H and O–H groups in total. The van der Waals surface area contributed by atoms with Gasteiger partial charge in [-0.3, -0.25) is 14.3 Å². The molecule has 26 heavy (non-hydrogen) atoms. The zero-order valence-electron chi connectivity index (χ0n) is 14.1. The van der Waals surface area contributed by atoms with E-state index in [1.165, 1.54) is 24.9 Å². The Balaban J connectivity index is 2.26. The minimum Gasteiger partial charge on any atom is -0.494 e. The zero-order valence-corrected chi connectivity index (χ0v) is 14.9. The van der Waals surface area contributed by atoms with Gasteiger partial charge in [0.25, 0.3) is 5.56 Å². The molecule has 0 amide bonds. The van der Waals surface area contributed by atoms with Gasteiger partial charge in [0.05, 0.1) is 14.2 Å². The van der Waals surface area contributed by atoms with Crippen molar-refractivity contribution < 1.29 is 24.1 Å². The van der Waals surface area contributed by atoms with Gasteiger partial charge in [0.15, 0.2) is 22.4 Å². The van der Waals surface area contributed by atoms with E-state index in [0.717, 1.165) is 0 Å². The third-order valence-electron chi connectivity index (χ3n) is 4.07. The maximum atomic E-state index is 12.4. The van der Waals surface area contributed by atoms with Crippen molar-refractivity contribution in [3.63, 3.8) is 0 Å². The normalized spacial score (nSPS) is 15.3. The van der Waals surface area contributed by atoms with Crippen LogP contribution in [0.15, 0.2) is 29.6 Å². The number of benzene rings is 1. The molecule has 2 aromatic rings. The van der Waals surface area contributed by atoms with Crippen molar-refractivity contribution in [3.05, 3.63) is 56.6 Å². The number of methoxy groups -OCH3 is 2. The molecule has 0 saturated heterocycles. The molecular formula is C17H16N2O6S. The number of carbonyl (C=O) groups is 1. The maximum Gasteiger partial charge on any atom is 0.343 e. The number of hydrogen-bond acceptors (Lipinski definition) is 7. The van der Waals surface area contributed by atoms with Gasteiger partial charge in [0, 0.05) is 12.1 Å². The van der Waals surface area contributed by atoms with Gasteiger partial charge in [0.2, 0.25) is 5.88 Å². The fourth-order valence-electron chi connectivity index (χ4n) is 2.92. The number of cyclic esters (lactones) is 1. The van der Waals surface area contributed by atoms with Crippen LogP contribution in [0.25, 0.3) is 0 Å². The second-order valence-electron chi connectivity index (χ2n) is 5.45. The number of fused-ring (bicyclic) bond motifs is 1. The van der Waals surface area contributed by atoms with E-state index in [9.17, 15) is 14.7 Å². The number of nitrogens with zero attached hydrogens (tertiary/aromatic N) is 1. The van der Waals surface area contributed by atoms with Crippen LogP contribution in [0, 0.1) is 4.77 Å². The first-order valence-corrected chi connectivity index (χ1v) is 7.98. The number of aromatic nitrogens is 2.